The summed E-state index contributed by atoms with van der Waals surface area (Å²) < 4.78 is 0. The fourth-order valence-electron chi connectivity index (χ4n) is 1.58. The third kappa shape index (κ3) is 8.39. The van der Waals surface area contributed by atoms with Crippen LogP contribution in [0.1, 0.15) is 26.7 Å². The molecule has 0 heterocycles. The van der Waals surface area contributed by atoms with Gasteiger partial charge in [-0.2, -0.15) is 0 Å². The number of aliphatic carboxylic acids is 1. The molecule has 0 aliphatic carbocycles. The number of nitrogens with zero attached hydrogens (tertiary/aromatic N) is 2. The van der Waals surface area contributed by atoms with Crippen molar-refractivity contribution < 1.29 is 9.90 Å². The molecule has 0 aliphatic heterocycles. The predicted octanol–water partition coefficient (Wildman–Crippen LogP) is 1.12. The van der Waals surface area contributed by atoms with Crippen molar-refractivity contribution in [2.45, 2.75) is 26.7 Å². The van der Waals surface area contributed by atoms with E-state index in [2.05, 4.69) is 25.8 Å². The van der Waals surface area contributed by atoms with Crippen molar-refractivity contribution in [3.05, 3.63) is 0 Å². The molecule has 0 radical (unpaired) electrons. The first-order valence-electron chi connectivity index (χ1n) is 5.72. The molecule has 4 nitrogen and oxygen atoms in total. The van der Waals surface area contributed by atoms with Crippen molar-refractivity contribution in [1.29, 1.82) is 0 Å². The topological polar surface area (TPSA) is 43.8 Å². The second kappa shape index (κ2) is 8.68. The van der Waals surface area contributed by atoms with Crippen molar-refractivity contribution >= 4 is 5.97 Å². The summed E-state index contributed by atoms with van der Waals surface area (Å²) in [4.78, 5) is 14.8. The molecule has 0 aliphatic rings. The van der Waals surface area contributed by atoms with Crippen LogP contribution in [0, 0.1) is 0 Å². The summed E-state index contributed by atoms with van der Waals surface area (Å²) in [5.41, 5.74) is 0. The number of hydrogen-bond acceptors (Lipinski definition) is 3. The Labute approximate surface area is 92.9 Å². The van der Waals surface area contributed by atoms with Crippen LogP contribution in [0.3, 0.4) is 0 Å². The average Bonchev–Trinajstić information content (AvgIpc) is 2.14. The summed E-state index contributed by atoms with van der Waals surface area (Å²) in [6.07, 6.45) is 2.15. The molecule has 1 N–H and O–H groups in total. The Bertz CT molecular complexity index is 174. The van der Waals surface area contributed by atoms with Crippen molar-refractivity contribution in [3.8, 4) is 0 Å². The third-order valence-corrected chi connectivity index (χ3v) is 2.30. The molecule has 0 aromatic rings. The number of carboxylic acids is 1. The molecule has 0 rings (SSSR count). The summed E-state index contributed by atoms with van der Waals surface area (Å²) in [5, 5.41) is 8.72. The van der Waals surface area contributed by atoms with Gasteiger partial charge in [-0.05, 0) is 33.0 Å². The zero-order valence-electron chi connectivity index (χ0n) is 10.2. The fraction of sp³-hybridized carbons (Fsp3) is 0.909. The quantitative estimate of drug-likeness (QED) is 0.627. The SMILES string of the molecule is CCCN(C)CCN(CCC)CC(=O)O. The van der Waals surface area contributed by atoms with Crippen LogP contribution in [0.15, 0.2) is 0 Å². The lowest BCUT2D eigenvalue weighted by molar-refractivity contribution is -0.138. The summed E-state index contributed by atoms with van der Waals surface area (Å²) in [6.45, 7) is 8.12. The molecular weight excluding hydrogens is 192 g/mol. The van der Waals surface area contributed by atoms with E-state index >= 15 is 0 Å². The average molecular weight is 216 g/mol. The number of likely N-dealkylation sites (N-methyl/N-ethyl adjacent to an activating group) is 1. The molecule has 0 saturated heterocycles. The highest BCUT2D eigenvalue weighted by molar-refractivity contribution is 5.69. The van der Waals surface area contributed by atoms with Gasteiger partial charge in [0.05, 0.1) is 6.54 Å². The van der Waals surface area contributed by atoms with Crippen LogP contribution in [0.25, 0.3) is 0 Å². The molecule has 0 aromatic carbocycles. The zero-order valence-corrected chi connectivity index (χ0v) is 10.2. The number of hydrogen-bond donors (Lipinski definition) is 1. The second-order valence-corrected chi connectivity index (χ2v) is 3.97. The summed E-state index contributed by atoms with van der Waals surface area (Å²) in [7, 11) is 2.08. The predicted molar refractivity (Wildman–Crippen MR) is 62.2 cm³/mol. The maximum Gasteiger partial charge on any atom is 0.317 e. The Hall–Kier alpha value is -0.610. The van der Waals surface area contributed by atoms with Gasteiger partial charge in [-0.15, -0.1) is 0 Å². The normalized spacial score (nSPS) is 11.3. The molecule has 0 fully saturated rings. The molecule has 90 valence electrons. The highest BCUT2D eigenvalue weighted by Gasteiger charge is 2.08. The van der Waals surface area contributed by atoms with Gasteiger partial charge in [0, 0.05) is 13.1 Å². The molecule has 0 saturated carbocycles. The van der Waals surface area contributed by atoms with E-state index in [-0.39, 0.29) is 6.54 Å². The largest absolute Gasteiger partial charge is 0.480 e. The van der Waals surface area contributed by atoms with E-state index in [1.54, 1.807) is 0 Å². The molecular formula is C11H24N2O2. The number of rotatable bonds is 9. The Morgan fingerprint density at radius 3 is 2.13 bits per heavy atom. The minimum atomic E-state index is -0.735. The molecule has 0 bridgehead atoms. The van der Waals surface area contributed by atoms with Gasteiger partial charge in [-0.25, -0.2) is 0 Å². The van der Waals surface area contributed by atoms with Crippen LogP contribution in [0.2, 0.25) is 0 Å². The lowest BCUT2D eigenvalue weighted by atomic mass is 10.3. The van der Waals surface area contributed by atoms with Crippen LogP contribution in [0.4, 0.5) is 0 Å². The fourth-order valence-corrected chi connectivity index (χ4v) is 1.58. The van der Waals surface area contributed by atoms with Gasteiger partial charge in [0.15, 0.2) is 0 Å². The Kier molecular flexibility index (Phi) is 8.33. The molecule has 0 unspecified atom stereocenters. The Morgan fingerprint density at radius 2 is 1.67 bits per heavy atom. The summed E-state index contributed by atoms with van der Waals surface area (Å²) in [5.74, 6) is -0.735. The van der Waals surface area contributed by atoms with Gasteiger partial charge in [-0.3, -0.25) is 9.69 Å². The van der Waals surface area contributed by atoms with Crippen molar-refractivity contribution in [2.24, 2.45) is 0 Å². The number of carboxylic acid groups (broad SMARTS) is 1. The van der Waals surface area contributed by atoms with Gasteiger partial charge in [0.25, 0.3) is 0 Å². The highest BCUT2D eigenvalue weighted by Crippen LogP contribution is 1.93. The second-order valence-electron chi connectivity index (χ2n) is 3.97. The van der Waals surface area contributed by atoms with Gasteiger partial charge in [0.2, 0.25) is 0 Å². The minimum absolute atomic E-state index is 0.161. The molecule has 0 atom stereocenters. The maximum atomic E-state index is 10.6. The first kappa shape index (κ1) is 14.4. The molecule has 0 aromatic heterocycles. The van der Waals surface area contributed by atoms with Crippen LogP contribution in [0.5, 0.6) is 0 Å². The summed E-state index contributed by atoms with van der Waals surface area (Å²) >= 11 is 0. The van der Waals surface area contributed by atoms with Crippen LogP contribution < -0.4 is 0 Å². The minimum Gasteiger partial charge on any atom is -0.480 e. The van der Waals surface area contributed by atoms with E-state index < -0.39 is 5.97 Å². The smallest absolute Gasteiger partial charge is 0.317 e. The monoisotopic (exact) mass is 216 g/mol. The van der Waals surface area contributed by atoms with Gasteiger partial charge >= 0.3 is 5.97 Å². The lowest BCUT2D eigenvalue weighted by Crippen LogP contribution is -2.37. The Balaban J connectivity index is 3.78. The van der Waals surface area contributed by atoms with E-state index in [0.29, 0.717) is 0 Å². The first-order valence-corrected chi connectivity index (χ1v) is 5.72. The zero-order chi connectivity index (χ0) is 11.7. The molecule has 0 spiro atoms. The van der Waals surface area contributed by atoms with E-state index in [9.17, 15) is 4.79 Å². The van der Waals surface area contributed by atoms with E-state index in [0.717, 1.165) is 39.0 Å². The van der Waals surface area contributed by atoms with Gasteiger partial charge in [-0.1, -0.05) is 13.8 Å². The highest BCUT2D eigenvalue weighted by atomic mass is 16.4. The van der Waals surface area contributed by atoms with Crippen LogP contribution in [-0.4, -0.2) is 60.6 Å². The van der Waals surface area contributed by atoms with Crippen molar-refractivity contribution in [1.82, 2.24) is 9.80 Å². The van der Waals surface area contributed by atoms with Gasteiger partial charge < -0.3 is 10.0 Å². The van der Waals surface area contributed by atoms with E-state index in [1.807, 2.05) is 4.90 Å². The number of carbonyl (C=O) groups is 1. The maximum absolute atomic E-state index is 10.6. The van der Waals surface area contributed by atoms with Crippen LogP contribution in [-0.2, 0) is 4.79 Å². The van der Waals surface area contributed by atoms with Crippen molar-refractivity contribution in [3.63, 3.8) is 0 Å². The Morgan fingerprint density at radius 1 is 1.07 bits per heavy atom. The summed E-state index contributed by atoms with van der Waals surface area (Å²) in [6, 6.07) is 0. The molecule has 15 heavy (non-hydrogen) atoms. The third-order valence-electron chi connectivity index (χ3n) is 2.30. The first-order chi connectivity index (χ1) is 7.10. The lowest BCUT2D eigenvalue weighted by Gasteiger charge is -2.23. The van der Waals surface area contributed by atoms with Crippen LogP contribution >= 0.6 is 0 Å². The van der Waals surface area contributed by atoms with Gasteiger partial charge in [0.1, 0.15) is 0 Å². The standard InChI is InChI=1S/C11H24N2O2/c1-4-6-12(3)8-9-13(7-5-2)10-11(14)15/h4-10H2,1-3H3,(H,14,15). The molecule has 4 heteroatoms. The van der Waals surface area contributed by atoms with E-state index in [1.165, 1.54) is 0 Å². The molecule has 0 amide bonds. The van der Waals surface area contributed by atoms with E-state index in [4.69, 9.17) is 5.11 Å². The van der Waals surface area contributed by atoms with Crippen molar-refractivity contribution in [2.75, 3.05) is 39.8 Å².